The lowest BCUT2D eigenvalue weighted by atomic mass is 9.92. The number of amides is 2. The number of carbonyl (C=O) groups excluding carboxylic acids is 2. The number of nitrogens with two attached hydrogens (primary N) is 1. The third-order valence-electron chi connectivity index (χ3n) is 6.36. The minimum absolute atomic E-state index is 0.0960. The minimum Gasteiger partial charge on any atom is -0.496 e. The van der Waals surface area contributed by atoms with Crippen LogP contribution in [0.4, 0.5) is 31.1 Å². The molecular weight excluding hydrogens is 554 g/mol. The molecule has 6 nitrogen and oxygen atoms in total. The van der Waals surface area contributed by atoms with Crippen LogP contribution in [0.2, 0.25) is 0 Å². The van der Waals surface area contributed by atoms with Crippen molar-refractivity contribution in [1.29, 1.82) is 0 Å². The molecule has 0 aliphatic heterocycles. The molecule has 0 bridgehead atoms. The van der Waals surface area contributed by atoms with Gasteiger partial charge in [-0.05, 0) is 77.6 Å². The second kappa shape index (κ2) is 12.1. The Bertz CT molecular complexity index is 1430. The van der Waals surface area contributed by atoms with Crippen molar-refractivity contribution < 1.29 is 45.4 Å². The van der Waals surface area contributed by atoms with Gasteiger partial charge in [0.15, 0.2) is 0 Å². The first-order valence-electron chi connectivity index (χ1n) is 12.4. The number of primary amides is 1. The zero-order valence-electron chi connectivity index (χ0n) is 22.5. The molecule has 0 spiro atoms. The van der Waals surface area contributed by atoms with Gasteiger partial charge in [0, 0.05) is 17.7 Å². The fraction of sp³-hybridized carbons (Fsp3) is 0.310. The van der Waals surface area contributed by atoms with E-state index in [1.165, 1.54) is 20.1 Å². The summed E-state index contributed by atoms with van der Waals surface area (Å²) in [4.78, 5) is 24.1. The van der Waals surface area contributed by atoms with Gasteiger partial charge in [-0.25, -0.2) is 4.79 Å². The van der Waals surface area contributed by atoms with Crippen molar-refractivity contribution >= 4 is 12.0 Å². The van der Waals surface area contributed by atoms with Crippen LogP contribution >= 0.6 is 0 Å². The van der Waals surface area contributed by atoms with Crippen molar-refractivity contribution in [3.8, 4) is 16.9 Å². The number of hydrogen-bond donors (Lipinski definition) is 2. The van der Waals surface area contributed by atoms with Crippen molar-refractivity contribution in [2.45, 2.75) is 51.7 Å². The molecule has 1 atom stereocenters. The molecule has 12 heteroatoms. The summed E-state index contributed by atoms with van der Waals surface area (Å²) in [7, 11) is 1.42. The lowest BCUT2D eigenvalue weighted by Crippen LogP contribution is -2.26. The summed E-state index contributed by atoms with van der Waals surface area (Å²) in [6, 6.07) is 10.8. The third kappa shape index (κ3) is 7.71. The molecule has 3 aromatic carbocycles. The van der Waals surface area contributed by atoms with Gasteiger partial charge < -0.3 is 20.5 Å². The highest BCUT2D eigenvalue weighted by Gasteiger charge is 2.33. The number of rotatable bonds is 8. The number of nitrogens with one attached hydrogen (secondary N) is 1. The fourth-order valence-electron chi connectivity index (χ4n) is 4.10. The molecule has 0 radical (unpaired) electrons. The van der Waals surface area contributed by atoms with Gasteiger partial charge in [0.05, 0.1) is 18.2 Å². The van der Waals surface area contributed by atoms with Crippen LogP contribution in [-0.4, -0.2) is 19.1 Å². The van der Waals surface area contributed by atoms with E-state index in [0.29, 0.717) is 29.0 Å². The Morgan fingerprint density at radius 1 is 0.829 bits per heavy atom. The predicted octanol–water partition coefficient (Wildman–Crippen LogP) is 7.61. The van der Waals surface area contributed by atoms with Gasteiger partial charge in [-0.1, -0.05) is 26.0 Å². The van der Waals surface area contributed by atoms with E-state index in [0.717, 1.165) is 23.8 Å². The maximum Gasteiger partial charge on any atom is 0.416 e. The van der Waals surface area contributed by atoms with Crippen molar-refractivity contribution in [1.82, 2.24) is 5.32 Å². The molecule has 3 rings (SSSR count). The van der Waals surface area contributed by atoms with Crippen LogP contribution in [0.1, 0.15) is 71.0 Å². The predicted molar refractivity (Wildman–Crippen MR) is 139 cm³/mol. The van der Waals surface area contributed by atoms with E-state index >= 15 is 0 Å². The zero-order valence-corrected chi connectivity index (χ0v) is 22.5. The maximum absolute atomic E-state index is 13.5. The number of alkyl halides is 6. The first-order valence-corrected chi connectivity index (χ1v) is 12.4. The molecule has 0 heterocycles. The van der Waals surface area contributed by atoms with E-state index in [9.17, 15) is 35.9 Å². The van der Waals surface area contributed by atoms with Crippen molar-refractivity contribution in [3.05, 3.63) is 88.0 Å². The number of ether oxygens (including phenoxy) is 2. The molecule has 3 aromatic rings. The van der Waals surface area contributed by atoms with Crippen LogP contribution in [0.3, 0.4) is 0 Å². The highest BCUT2D eigenvalue weighted by atomic mass is 19.4. The standard InChI is InChI=1S/C29H28F6N2O4/c1-15(2)17-5-8-25(40-4)24(13-17)23-7-6-21(28(30,31)32)12-20(23)14-37-27(39)41-16(3)18-9-19(26(36)38)11-22(10-18)29(33,34)35/h5-13,15-16H,14H2,1-4H3,(H2,36,38)(H,37,39). The number of halogens is 6. The Labute approximate surface area is 232 Å². The van der Waals surface area contributed by atoms with Crippen LogP contribution in [0.15, 0.2) is 54.6 Å². The van der Waals surface area contributed by atoms with Crippen molar-refractivity contribution in [3.63, 3.8) is 0 Å². The highest BCUT2D eigenvalue weighted by molar-refractivity contribution is 5.93. The first kappa shape index (κ1) is 31.3. The smallest absolute Gasteiger partial charge is 0.416 e. The minimum atomic E-state index is -4.80. The summed E-state index contributed by atoms with van der Waals surface area (Å²) >= 11 is 0. The van der Waals surface area contributed by atoms with Gasteiger partial charge in [0.1, 0.15) is 11.9 Å². The molecule has 41 heavy (non-hydrogen) atoms. The molecule has 0 saturated heterocycles. The van der Waals surface area contributed by atoms with E-state index in [4.69, 9.17) is 15.2 Å². The van der Waals surface area contributed by atoms with Gasteiger partial charge >= 0.3 is 18.4 Å². The summed E-state index contributed by atoms with van der Waals surface area (Å²) in [5, 5.41) is 2.36. The average Bonchev–Trinajstić information content (AvgIpc) is 2.90. The number of carbonyl (C=O) groups is 2. The Morgan fingerprint density at radius 3 is 2.05 bits per heavy atom. The van der Waals surface area contributed by atoms with Crippen molar-refractivity contribution in [2.75, 3.05) is 7.11 Å². The number of hydrogen-bond acceptors (Lipinski definition) is 4. The topological polar surface area (TPSA) is 90.7 Å². The van der Waals surface area contributed by atoms with Crippen LogP contribution in [0.25, 0.3) is 11.1 Å². The SMILES string of the molecule is COc1ccc(C(C)C)cc1-c1ccc(C(F)(F)F)cc1CNC(=O)OC(C)c1cc(C(N)=O)cc(C(F)(F)F)c1. The van der Waals surface area contributed by atoms with E-state index < -0.39 is 53.7 Å². The highest BCUT2D eigenvalue weighted by Crippen LogP contribution is 2.38. The lowest BCUT2D eigenvalue weighted by Gasteiger charge is -2.19. The monoisotopic (exact) mass is 582 g/mol. The van der Waals surface area contributed by atoms with Gasteiger partial charge in [0.25, 0.3) is 0 Å². The Morgan fingerprint density at radius 2 is 1.49 bits per heavy atom. The van der Waals surface area contributed by atoms with E-state index in [1.54, 1.807) is 12.1 Å². The third-order valence-corrected chi connectivity index (χ3v) is 6.36. The Kier molecular flexibility index (Phi) is 9.25. The Balaban J connectivity index is 1.91. The largest absolute Gasteiger partial charge is 0.496 e. The molecule has 0 aromatic heterocycles. The average molecular weight is 583 g/mol. The molecular formula is C29H28F6N2O4. The van der Waals surface area contributed by atoms with E-state index in [-0.39, 0.29) is 17.0 Å². The molecule has 0 aliphatic rings. The molecule has 0 saturated carbocycles. The number of benzene rings is 3. The van der Waals surface area contributed by atoms with Gasteiger partial charge in [-0.15, -0.1) is 0 Å². The van der Waals surface area contributed by atoms with Crippen LogP contribution in [-0.2, 0) is 23.6 Å². The summed E-state index contributed by atoms with van der Waals surface area (Å²) < 4.78 is 91.1. The number of methoxy groups -OCH3 is 1. The molecule has 1 unspecified atom stereocenters. The molecule has 0 fully saturated rings. The first-order chi connectivity index (χ1) is 19.0. The van der Waals surface area contributed by atoms with Gasteiger partial charge in [-0.2, -0.15) is 26.3 Å². The molecule has 0 aliphatic carbocycles. The second-order valence-corrected chi connectivity index (χ2v) is 9.59. The zero-order chi connectivity index (χ0) is 30.7. The fourth-order valence-corrected chi connectivity index (χ4v) is 4.10. The van der Waals surface area contributed by atoms with Gasteiger partial charge in [0.2, 0.25) is 5.91 Å². The second-order valence-electron chi connectivity index (χ2n) is 9.59. The molecule has 3 N–H and O–H groups in total. The molecule has 2 amide bonds. The molecule has 220 valence electrons. The summed E-state index contributed by atoms with van der Waals surface area (Å²) in [5.74, 6) is -0.595. The van der Waals surface area contributed by atoms with E-state index in [1.807, 2.05) is 19.9 Å². The maximum atomic E-state index is 13.5. The Hall–Kier alpha value is -4.22. The number of alkyl carbamates (subject to hydrolysis) is 1. The van der Waals surface area contributed by atoms with E-state index in [2.05, 4.69) is 5.32 Å². The normalized spacial score (nSPS) is 12.7. The van der Waals surface area contributed by atoms with Crippen LogP contribution in [0.5, 0.6) is 5.75 Å². The lowest BCUT2D eigenvalue weighted by molar-refractivity contribution is -0.138. The van der Waals surface area contributed by atoms with Crippen LogP contribution < -0.4 is 15.8 Å². The summed E-state index contributed by atoms with van der Waals surface area (Å²) in [6.45, 7) is 4.77. The quantitative estimate of drug-likeness (QED) is 0.268. The van der Waals surface area contributed by atoms with Gasteiger partial charge in [-0.3, -0.25) is 4.79 Å². The van der Waals surface area contributed by atoms with Crippen LogP contribution in [0, 0.1) is 0 Å². The summed E-state index contributed by atoms with van der Waals surface area (Å²) in [6.07, 6.45) is -11.8. The summed E-state index contributed by atoms with van der Waals surface area (Å²) in [5.41, 5.74) is 4.33. The van der Waals surface area contributed by atoms with Crippen molar-refractivity contribution in [2.24, 2.45) is 5.73 Å².